The van der Waals surface area contributed by atoms with Gasteiger partial charge >= 0.3 is 0 Å². The molecule has 1 aliphatic heterocycles. The number of hydrogen-bond acceptors (Lipinski definition) is 4. The van der Waals surface area contributed by atoms with E-state index < -0.39 is 0 Å². The van der Waals surface area contributed by atoms with Crippen LogP contribution in [0.4, 0.5) is 5.82 Å². The van der Waals surface area contributed by atoms with E-state index in [9.17, 15) is 0 Å². The van der Waals surface area contributed by atoms with Crippen molar-refractivity contribution in [3.8, 4) is 0 Å². The van der Waals surface area contributed by atoms with Gasteiger partial charge in [-0.25, -0.2) is 9.97 Å². The van der Waals surface area contributed by atoms with Crippen molar-refractivity contribution in [2.75, 3.05) is 25.0 Å². The summed E-state index contributed by atoms with van der Waals surface area (Å²) in [5, 5.41) is 0. The Labute approximate surface area is 126 Å². The van der Waals surface area contributed by atoms with Gasteiger partial charge in [0.2, 0.25) is 0 Å². The molecule has 2 heterocycles. The van der Waals surface area contributed by atoms with Crippen LogP contribution in [0.1, 0.15) is 23.7 Å². The summed E-state index contributed by atoms with van der Waals surface area (Å²) in [5.41, 5.74) is 3.87. The Bertz CT molecular complexity index is 597. The van der Waals surface area contributed by atoms with E-state index >= 15 is 0 Å². The van der Waals surface area contributed by atoms with E-state index in [1.807, 2.05) is 0 Å². The van der Waals surface area contributed by atoms with Gasteiger partial charge in [-0.3, -0.25) is 4.90 Å². The lowest BCUT2D eigenvalue weighted by Crippen LogP contribution is -2.32. The van der Waals surface area contributed by atoms with Gasteiger partial charge in [0.25, 0.3) is 0 Å². The van der Waals surface area contributed by atoms with Crippen LogP contribution >= 0.6 is 0 Å². The Kier molecular flexibility index (Phi) is 4.15. The first kappa shape index (κ1) is 14.0. The molecule has 0 bridgehead atoms. The van der Waals surface area contributed by atoms with Gasteiger partial charge in [-0.2, -0.15) is 0 Å². The maximum Gasteiger partial charge on any atom is 0.135 e. The molecule has 3 rings (SSSR count). The van der Waals surface area contributed by atoms with Gasteiger partial charge in [-0.15, -0.1) is 0 Å². The molecule has 0 saturated heterocycles. The Morgan fingerprint density at radius 3 is 2.76 bits per heavy atom. The van der Waals surface area contributed by atoms with Gasteiger partial charge in [0.05, 0.1) is 5.69 Å². The monoisotopic (exact) mass is 282 g/mol. The standard InChI is InChI=1S/C17H22N4/c1-3-20(2)17-15-9-10-21(12-16(15)18-13-19-17)11-14-7-5-4-6-8-14/h4-8,13H,3,9-12H2,1-2H3. The summed E-state index contributed by atoms with van der Waals surface area (Å²) >= 11 is 0. The van der Waals surface area contributed by atoms with Crippen molar-refractivity contribution in [1.29, 1.82) is 0 Å². The third kappa shape index (κ3) is 3.05. The smallest absolute Gasteiger partial charge is 0.135 e. The number of nitrogens with zero attached hydrogens (tertiary/aromatic N) is 4. The molecule has 21 heavy (non-hydrogen) atoms. The second-order valence-electron chi connectivity index (χ2n) is 5.58. The minimum absolute atomic E-state index is 0.914. The Hall–Kier alpha value is -1.94. The van der Waals surface area contributed by atoms with Gasteiger partial charge in [-0.1, -0.05) is 30.3 Å². The molecule has 4 nitrogen and oxygen atoms in total. The SMILES string of the molecule is CCN(C)c1ncnc2c1CCN(Cc1ccccc1)C2. The molecule has 0 spiro atoms. The van der Waals surface area contributed by atoms with Crippen LogP contribution in [-0.4, -0.2) is 35.0 Å². The lowest BCUT2D eigenvalue weighted by molar-refractivity contribution is 0.241. The molecule has 110 valence electrons. The second-order valence-corrected chi connectivity index (χ2v) is 5.58. The van der Waals surface area contributed by atoms with Crippen LogP contribution in [0.5, 0.6) is 0 Å². The Morgan fingerprint density at radius 2 is 2.00 bits per heavy atom. The number of rotatable bonds is 4. The number of benzene rings is 1. The first-order valence-electron chi connectivity index (χ1n) is 7.58. The van der Waals surface area contributed by atoms with Crippen molar-refractivity contribution in [2.45, 2.75) is 26.4 Å². The summed E-state index contributed by atoms with van der Waals surface area (Å²) in [4.78, 5) is 13.6. The lowest BCUT2D eigenvalue weighted by atomic mass is 10.0. The topological polar surface area (TPSA) is 32.3 Å². The molecule has 0 atom stereocenters. The molecule has 0 amide bonds. The number of anilines is 1. The van der Waals surface area contributed by atoms with Crippen LogP contribution in [0.15, 0.2) is 36.7 Å². The highest BCUT2D eigenvalue weighted by molar-refractivity contribution is 5.48. The fraction of sp³-hybridized carbons (Fsp3) is 0.412. The highest BCUT2D eigenvalue weighted by Crippen LogP contribution is 2.25. The molecule has 0 N–H and O–H groups in total. The molecular weight excluding hydrogens is 260 g/mol. The zero-order chi connectivity index (χ0) is 14.7. The van der Waals surface area contributed by atoms with Crippen molar-refractivity contribution in [3.05, 3.63) is 53.5 Å². The summed E-state index contributed by atoms with van der Waals surface area (Å²) in [6, 6.07) is 10.6. The average Bonchev–Trinajstić information content (AvgIpc) is 2.54. The number of fused-ring (bicyclic) bond motifs is 1. The first-order chi connectivity index (χ1) is 10.3. The molecule has 1 aromatic heterocycles. The first-order valence-corrected chi connectivity index (χ1v) is 7.58. The molecule has 1 aliphatic rings. The third-order valence-electron chi connectivity index (χ3n) is 4.15. The quantitative estimate of drug-likeness (QED) is 0.862. The highest BCUT2D eigenvalue weighted by atomic mass is 15.2. The predicted octanol–water partition coefficient (Wildman–Crippen LogP) is 2.49. The van der Waals surface area contributed by atoms with Crippen LogP contribution in [0.2, 0.25) is 0 Å². The largest absolute Gasteiger partial charge is 0.360 e. The van der Waals surface area contributed by atoms with Crippen molar-refractivity contribution in [1.82, 2.24) is 14.9 Å². The predicted molar refractivity (Wildman–Crippen MR) is 85.2 cm³/mol. The summed E-state index contributed by atoms with van der Waals surface area (Å²) in [7, 11) is 2.10. The zero-order valence-electron chi connectivity index (χ0n) is 12.8. The normalized spacial score (nSPS) is 14.8. The summed E-state index contributed by atoms with van der Waals surface area (Å²) in [5.74, 6) is 1.10. The molecule has 0 unspecified atom stereocenters. The van der Waals surface area contributed by atoms with E-state index in [-0.39, 0.29) is 0 Å². The maximum atomic E-state index is 4.51. The van der Waals surface area contributed by atoms with Gasteiger partial charge in [0.1, 0.15) is 12.1 Å². The minimum atomic E-state index is 0.914. The van der Waals surface area contributed by atoms with Gasteiger partial charge in [0.15, 0.2) is 0 Å². The number of aromatic nitrogens is 2. The fourth-order valence-electron chi connectivity index (χ4n) is 2.85. The molecule has 4 heteroatoms. The van der Waals surface area contributed by atoms with Crippen LogP contribution in [-0.2, 0) is 19.5 Å². The van der Waals surface area contributed by atoms with Gasteiger partial charge < -0.3 is 4.90 Å². The Balaban J connectivity index is 1.77. The van der Waals surface area contributed by atoms with E-state index in [1.165, 1.54) is 16.8 Å². The lowest BCUT2D eigenvalue weighted by Gasteiger charge is -2.30. The average molecular weight is 282 g/mol. The van der Waals surface area contributed by atoms with E-state index in [0.717, 1.165) is 38.4 Å². The van der Waals surface area contributed by atoms with E-state index in [1.54, 1.807) is 6.33 Å². The highest BCUT2D eigenvalue weighted by Gasteiger charge is 2.21. The van der Waals surface area contributed by atoms with Crippen molar-refractivity contribution in [3.63, 3.8) is 0 Å². The third-order valence-corrected chi connectivity index (χ3v) is 4.15. The molecule has 0 aliphatic carbocycles. The molecular formula is C17H22N4. The zero-order valence-corrected chi connectivity index (χ0v) is 12.8. The van der Waals surface area contributed by atoms with Crippen molar-refractivity contribution in [2.24, 2.45) is 0 Å². The second kappa shape index (κ2) is 6.22. The molecule has 0 radical (unpaired) electrons. The molecule has 2 aromatic rings. The van der Waals surface area contributed by atoms with Crippen molar-refractivity contribution < 1.29 is 0 Å². The van der Waals surface area contributed by atoms with Crippen LogP contribution in [0.3, 0.4) is 0 Å². The van der Waals surface area contributed by atoms with E-state index in [4.69, 9.17) is 0 Å². The minimum Gasteiger partial charge on any atom is -0.360 e. The summed E-state index contributed by atoms with van der Waals surface area (Å²) in [6.07, 6.45) is 2.73. The molecule has 0 fully saturated rings. The van der Waals surface area contributed by atoms with Crippen LogP contribution in [0, 0.1) is 0 Å². The van der Waals surface area contributed by atoms with E-state index in [0.29, 0.717) is 0 Å². The van der Waals surface area contributed by atoms with Crippen LogP contribution < -0.4 is 4.90 Å². The Morgan fingerprint density at radius 1 is 1.19 bits per heavy atom. The van der Waals surface area contributed by atoms with E-state index in [2.05, 4.69) is 64.1 Å². The van der Waals surface area contributed by atoms with Crippen molar-refractivity contribution >= 4 is 5.82 Å². The fourth-order valence-corrected chi connectivity index (χ4v) is 2.85. The summed E-state index contributed by atoms with van der Waals surface area (Å²) < 4.78 is 0. The maximum absolute atomic E-state index is 4.51. The summed E-state index contributed by atoms with van der Waals surface area (Å²) in [6.45, 7) is 6.09. The van der Waals surface area contributed by atoms with Crippen LogP contribution in [0.25, 0.3) is 0 Å². The van der Waals surface area contributed by atoms with Gasteiger partial charge in [-0.05, 0) is 18.9 Å². The van der Waals surface area contributed by atoms with Gasteiger partial charge in [0, 0.05) is 38.8 Å². The molecule has 0 saturated carbocycles. The molecule has 1 aromatic carbocycles. The number of hydrogen-bond donors (Lipinski definition) is 0.